The lowest BCUT2D eigenvalue weighted by Crippen LogP contribution is -2.29. The van der Waals surface area contributed by atoms with Gasteiger partial charge in [-0.1, -0.05) is 30.3 Å². The summed E-state index contributed by atoms with van der Waals surface area (Å²) in [7, 11) is 0. The van der Waals surface area contributed by atoms with Crippen molar-refractivity contribution in [3.8, 4) is 0 Å². The largest absolute Gasteiger partial charge is 0.460 e. The zero-order valence-corrected chi connectivity index (χ0v) is 9.90. The Morgan fingerprint density at radius 1 is 1.31 bits per heavy atom. The van der Waals surface area contributed by atoms with Crippen LogP contribution in [0.4, 0.5) is 0 Å². The van der Waals surface area contributed by atoms with E-state index in [0.717, 1.165) is 5.56 Å². The molecule has 0 saturated heterocycles. The van der Waals surface area contributed by atoms with E-state index in [1.54, 1.807) is 0 Å². The van der Waals surface area contributed by atoms with Gasteiger partial charge in [0.15, 0.2) is 0 Å². The first-order valence-corrected chi connectivity index (χ1v) is 5.47. The summed E-state index contributed by atoms with van der Waals surface area (Å²) in [5.41, 5.74) is 5.95. The van der Waals surface area contributed by atoms with Crippen LogP contribution in [0.5, 0.6) is 0 Å². The number of benzene rings is 1. The van der Waals surface area contributed by atoms with Crippen molar-refractivity contribution in [3.63, 3.8) is 0 Å². The van der Waals surface area contributed by atoms with Crippen molar-refractivity contribution in [1.82, 2.24) is 0 Å². The molecule has 16 heavy (non-hydrogen) atoms. The van der Waals surface area contributed by atoms with Crippen molar-refractivity contribution in [2.24, 2.45) is 11.1 Å². The van der Waals surface area contributed by atoms with Crippen LogP contribution in [0.15, 0.2) is 30.3 Å². The Labute approximate surface area is 96.6 Å². The van der Waals surface area contributed by atoms with E-state index < -0.39 is 5.41 Å². The van der Waals surface area contributed by atoms with Gasteiger partial charge in [-0.15, -0.1) is 0 Å². The number of ether oxygens (including phenoxy) is 1. The molecule has 0 atom stereocenters. The monoisotopic (exact) mass is 221 g/mol. The minimum absolute atomic E-state index is 0.193. The highest BCUT2D eigenvalue weighted by molar-refractivity contribution is 5.75. The molecular formula is C13H19NO2. The topological polar surface area (TPSA) is 52.3 Å². The van der Waals surface area contributed by atoms with E-state index in [1.807, 2.05) is 44.2 Å². The number of esters is 1. The molecule has 88 valence electrons. The van der Waals surface area contributed by atoms with Gasteiger partial charge in [0, 0.05) is 0 Å². The van der Waals surface area contributed by atoms with Crippen LogP contribution in [0.1, 0.15) is 25.8 Å². The molecule has 0 aromatic heterocycles. The van der Waals surface area contributed by atoms with E-state index in [4.69, 9.17) is 10.5 Å². The molecule has 0 heterocycles. The second kappa shape index (κ2) is 5.66. The van der Waals surface area contributed by atoms with Crippen molar-refractivity contribution in [1.29, 1.82) is 0 Å². The van der Waals surface area contributed by atoms with E-state index in [0.29, 0.717) is 19.6 Å². The fourth-order valence-electron chi connectivity index (χ4n) is 1.38. The highest BCUT2D eigenvalue weighted by atomic mass is 16.5. The molecule has 1 aromatic rings. The highest BCUT2D eigenvalue weighted by Crippen LogP contribution is 2.21. The third kappa shape index (κ3) is 3.66. The Morgan fingerprint density at radius 2 is 1.94 bits per heavy atom. The molecule has 0 saturated carbocycles. The molecule has 2 N–H and O–H groups in total. The average Bonchev–Trinajstić information content (AvgIpc) is 2.27. The summed E-state index contributed by atoms with van der Waals surface area (Å²) in [6.07, 6.45) is 0.640. The zero-order valence-electron chi connectivity index (χ0n) is 9.90. The number of hydrogen-bond acceptors (Lipinski definition) is 3. The van der Waals surface area contributed by atoms with E-state index in [2.05, 4.69) is 0 Å². The molecule has 0 aliphatic heterocycles. The van der Waals surface area contributed by atoms with Crippen molar-refractivity contribution >= 4 is 5.97 Å². The Kier molecular flexibility index (Phi) is 4.50. The first-order valence-electron chi connectivity index (χ1n) is 5.47. The van der Waals surface area contributed by atoms with Crippen LogP contribution in [0.25, 0.3) is 0 Å². The van der Waals surface area contributed by atoms with Crippen LogP contribution < -0.4 is 5.73 Å². The van der Waals surface area contributed by atoms with Crippen LogP contribution in [0.3, 0.4) is 0 Å². The Bertz CT molecular complexity index is 333. The molecule has 3 heteroatoms. The van der Waals surface area contributed by atoms with E-state index >= 15 is 0 Å². The van der Waals surface area contributed by atoms with Crippen LogP contribution in [-0.2, 0) is 16.1 Å². The molecule has 0 fully saturated rings. The minimum atomic E-state index is -0.496. The normalized spacial score (nSPS) is 11.2. The summed E-state index contributed by atoms with van der Waals surface area (Å²) in [6.45, 7) is 4.53. The molecule has 1 rings (SSSR count). The number of rotatable bonds is 5. The first-order chi connectivity index (χ1) is 7.56. The summed E-state index contributed by atoms with van der Waals surface area (Å²) >= 11 is 0. The van der Waals surface area contributed by atoms with Crippen molar-refractivity contribution in [3.05, 3.63) is 35.9 Å². The number of carbonyl (C=O) groups excluding carboxylic acids is 1. The SMILES string of the molecule is CC(C)(CCN)C(=O)OCc1ccccc1. The molecule has 0 amide bonds. The fourth-order valence-corrected chi connectivity index (χ4v) is 1.38. The van der Waals surface area contributed by atoms with Crippen molar-refractivity contribution in [2.75, 3.05) is 6.54 Å². The van der Waals surface area contributed by atoms with E-state index in [9.17, 15) is 4.79 Å². The molecule has 0 radical (unpaired) electrons. The summed E-state index contributed by atoms with van der Waals surface area (Å²) in [4.78, 5) is 11.8. The van der Waals surface area contributed by atoms with Gasteiger partial charge in [-0.2, -0.15) is 0 Å². The summed E-state index contributed by atoms with van der Waals surface area (Å²) in [6, 6.07) is 9.65. The Morgan fingerprint density at radius 3 is 2.50 bits per heavy atom. The van der Waals surface area contributed by atoms with Crippen molar-refractivity contribution in [2.45, 2.75) is 26.9 Å². The molecule has 0 unspecified atom stereocenters. The second-order valence-electron chi connectivity index (χ2n) is 4.48. The van der Waals surface area contributed by atoms with Gasteiger partial charge in [-0.25, -0.2) is 0 Å². The summed E-state index contributed by atoms with van der Waals surface area (Å²) < 4.78 is 5.25. The van der Waals surface area contributed by atoms with Gasteiger partial charge in [0.1, 0.15) is 6.61 Å². The second-order valence-corrected chi connectivity index (χ2v) is 4.48. The van der Waals surface area contributed by atoms with Crippen LogP contribution in [0, 0.1) is 5.41 Å². The lowest BCUT2D eigenvalue weighted by molar-refractivity contribution is -0.155. The standard InChI is InChI=1S/C13H19NO2/c1-13(2,8-9-14)12(15)16-10-11-6-4-3-5-7-11/h3-7H,8-10,14H2,1-2H3. The van der Waals surface area contributed by atoms with Gasteiger partial charge in [-0.3, -0.25) is 4.79 Å². The molecule has 1 aromatic carbocycles. The predicted octanol–water partition coefficient (Wildman–Crippen LogP) is 2.10. The van der Waals surface area contributed by atoms with Crippen LogP contribution >= 0.6 is 0 Å². The van der Waals surface area contributed by atoms with E-state index in [-0.39, 0.29) is 5.97 Å². The van der Waals surface area contributed by atoms with E-state index in [1.165, 1.54) is 0 Å². The number of carbonyl (C=O) groups is 1. The van der Waals surface area contributed by atoms with Gasteiger partial charge in [0.2, 0.25) is 0 Å². The van der Waals surface area contributed by atoms with Crippen molar-refractivity contribution < 1.29 is 9.53 Å². The number of hydrogen-bond donors (Lipinski definition) is 1. The van der Waals surface area contributed by atoms with Gasteiger partial charge in [0.25, 0.3) is 0 Å². The maximum absolute atomic E-state index is 11.8. The quantitative estimate of drug-likeness (QED) is 0.775. The molecule has 3 nitrogen and oxygen atoms in total. The van der Waals surface area contributed by atoms with Crippen LogP contribution in [0.2, 0.25) is 0 Å². The molecule has 0 spiro atoms. The smallest absolute Gasteiger partial charge is 0.311 e. The molecule has 0 bridgehead atoms. The highest BCUT2D eigenvalue weighted by Gasteiger charge is 2.28. The fraction of sp³-hybridized carbons (Fsp3) is 0.462. The maximum atomic E-state index is 11.8. The van der Waals surface area contributed by atoms with Gasteiger partial charge >= 0.3 is 5.97 Å². The van der Waals surface area contributed by atoms with Gasteiger partial charge in [0.05, 0.1) is 5.41 Å². The first kappa shape index (κ1) is 12.7. The minimum Gasteiger partial charge on any atom is -0.460 e. The Balaban J connectivity index is 2.47. The number of nitrogens with two attached hydrogens (primary N) is 1. The maximum Gasteiger partial charge on any atom is 0.311 e. The summed E-state index contributed by atoms with van der Waals surface area (Å²) in [5, 5.41) is 0. The van der Waals surface area contributed by atoms with Gasteiger partial charge in [-0.05, 0) is 32.4 Å². The van der Waals surface area contributed by atoms with Gasteiger partial charge < -0.3 is 10.5 Å². The predicted molar refractivity (Wildman–Crippen MR) is 63.7 cm³/mol. The lowest BCUT2D eigenvalue weighted by Gasteiger charge is -2.21. The third-order valence-corrected chi connectivity index (χ3v) is 2.53. The zero-order chi connectivity index (χ0) is 12.0. The summed E-state index contributed by atoms with van der Waals surface area (Å²) in [5.74, 6) is -0.193. The van der Waals surface area contributed by atoms with Crippen LogP contribution in [-0.4, -0.2) is 12.5 Å². The molecular weight excluding hydrogens is 202 g/mol. The molecule has 0 aliphatic carbocycles. The average molecular weight is 221 g/mol. The third-order valence-electron chi connectivity index (χ3n) is 2.53. The molecule has 0 aliphatic rings. The lowest BCUT2D eigenvalue weighted by atomic mass is 9.90. The Hall–Kier alpha value is -1.35.